The molecule has 0 aliphatic rings. The number of carbonyl (C=O) groups excluding carboxylic acids is 1. The Kier molecular flexibility index (Phi) is 4.71. The van der Waals surface area contributed by atoms with E-state index in [0.29, 0.717) is 27.2 Å². The molecule has 0 bridgehead atoms. The van der Waals surface area contributed by atoms with E-state index in [0.717, 1.165) is 5.56 Å². The Balaban J connectivity index is 2.16. The molecule has 3 rings (SSSR count). The average molecular weight is 357 g/mol. The summed E-state index contributed by atoms with van der Waals surface area (Å²) < 4.78 is 22.9. The minimum absolute atomic E-state index is 0.111. The third kappa shape index (κ3) is 3.08. The minimum Gasteiger partial charge on any atom is -0.481 e. The number of carbonyl (C=O) groups is 1. The van der Waals surface area contributed by atoms with Crippen molar-refractivity contribution in [1.82, 2.24) is 15.0 Å². The van der Waals surface area contributed by atoms with Crippen LogP contribution in [0.15, 0.2) is 46.7 Å². The van der Waals surface area contributed by atoms with E-state index >= 15 is 0 Å². The third-order valence-corrected chi connectivity index (χ3v) is 4.86. The first-order valence-corrected chi connectivity index (χ1v) is 8.47. The Morgan fingerprint density at radius 3 is 2.68 bits per heavy atom. The highest BCUT2D eigenvalue weighted by Crippen LogP contribution is 2.26. The number of hydrogen-bond donors (Lipinski definition) is 0. The van der Waals surface area contributed by atoms with Crippen LogP contribution in [0.1, 0.15) is 15.9 Å². The summed E-state index contributed by atoms with van der Waals surface area (Å²) in [6, 6.07) is 6.57. The summed E-state index contributed by atoms with van der Waals surface area (Å²) in [6.45, 7) is 1.80. The van der Waals surface area contributed by atoms with Gasteiger partial charge in [-0.15, -0.1) is 0 Å². The van der Waals surface area contributed by atoms with Gasteiger partial charge in [-0.2, -0.15) is 4.98 Å². The molecule has 0 amide bonds. The van der Waals surface area contributed by atoms with Crippen molar-refractivity contribution in [3.05, 3.63) is 47.8 Å². The van der Waals surface area contributed by atoms with Crippen LogP contribution in [0, 0.1) is 6.92 Å². The van der Waals surface area contributed by atoms with E-state index in [2.05, 4.69) is 15.0 Å². The first-order valence-electron chi connectivity index (χ1n) is 7.32. The molecule has 25 heavy (non-hydrogen) atoms. The number of ether oxygens (including phenoxy) is 2. The van der Waals surface area contributed by atoms with E-state index in [4.69, 9.17) is 9.47 Å². The molecular formula is C17H15N3O4S. The van der Waals surface area contributed by atoms with E-state index < -0.39 is 16.8 Å². The molecule has 1 unspecified atom stereocenters. The summed E-state index contributed by atoms with van der Waals surface area (Å²) in [6.07, 6.45) is 3.12. The van der Waals surface area contributed by atoms with E-state index in [-0.39, 0.29) is 5.16 Å². The molecule has 0 aliphatic carbocycles. The molecule has 0 N–H and O–H groups in total. The number of pyridine rings is 1. The van der Waals surface area contributed by atoms with Crippen LogP contribution in [0.2, 0.25) is 0 Å². The lowest BCUT2D eigenvalue weighted by Gasteiger charge is -2.09. The molecule has 0 fully saturated rings. The molecule has 0 aliphatic heterocycles. The number of nitrogens with zero attached hydrogens (tertiary/aromatic N) is 3. The fraction of sp³-hybridized carbons (Fsp3) is 0.176. The van der Waals surface area contributed by atoms with Crippen LogP contribution in [-0.2, 0) is 15.5 Å². The molecule has 3 aromatic rings. The molecule has 0 spiro atoms. The first-order chi connectivity index (χ1) is 12.1. The van der Waals surface area contributed by atoms with Crippen molar-refractivity contribution in [2.45, 2.75) is 17.0 Å². The Morgan fingerprint density at radius 1 is 1.16 bits per heavy atom. The number of methoxy groups -OCH3 is 2. The van der Waals surface area contributed by atoms with Crippen molar-refractivity contribution >= 4 is 27.7 Å². The lowest BCUT2D eigenvalue weighted by Crippen LogP contribution is -2.06. The lowest BCUT2D eigenvalue weighted by atomic mass is 10.1. The van der Waals surface area contributed by atoms with Crippen LogP contribution in [0.3, 0.4) is 0 Å². The maximum atomic E-state index is 13.0. The molecular weight excluding hydrogens is 342 g/mol. The SMILES string of the molecule is COC(=O)c1ccc(S(=O)c2ncc(C)c(OC)n2)c2ncccc12. The van der Waals surface area contributed by atoms with Gasteiger partial charge in [-0.05, 0) is 25.1 Å². The number of benzene rings is 1. The van der Waals surface area contributed by atoms with Crippen LogP contribution in [-0.4, -0.2) is 39.3 Å². The maximum Gasteiger partial charge on any atom is 0.338 e. The fourth-order valence-electron chi connectivity index (χ4n) is 2.39. The molecule has 0 saturated carbocycles. The van der Waals surface area contributed by atoms with Gasteiger partial charge >= 0.3 is 5.97 Å². The van der Waals surface area contributed by atoms with Gasteiger partial charge in [-0.3, -0.25) is 4.98 Å². The van der Waals surface area contributed by atoms with Crippen LogP contribution in [0.5, 0.6) is 5.88 Å². The Hall–Kier alpha value is -2.87. The van der Waals surface area contributed by atoms with E-state index in [9.17, 15) is 9.00 Å². The van der Waals surface area contributed by atoms with Gasteiger partial charge in [0.05, 0.1) is 30.2 Å². The van der Waals surface area contributed by atoms with E-state index in [1.54, 1.807) is 43.6 Å². The van der Waals surface area contributed by atoms with Crippen molar-refractivity contribution < 1.29 is 18.5 Å². The number of rotatable bonds is 4. The molecule has 0 saturated heterocycles. The maximum absolute atomic E-state index is 13.0. The van der Waals surface area contributed by atoms with Crippen LogP contribution in [0.25, 0.3) is 10.9 Å². The highest BCUT2D eigenvalue weighted by atomic mass is 32.2. The van der Waals surface area contributed by atoms with Crippen molar-refractivity contribution in [1.29, 1.82) is 0 Å². The zero-order valence-electron chi connectivity index (χ0n) is 13.8. The Labute approximate surface area is 146 Å². The van der Waals surface area contributed by atoms with Gasteiger partial charge in [-0.25, -0.2) is 14.0 Å². The monoisotopic (exact) mass is 357 g/mol. The van der Waals surface area contributed by atoms with Gasteiger partial charge in [-0.1, -0.05) is 6.07 Å². The zero-order valence-corrected chi connectivity index (χ0v) is 14.7. The summed E-state index contributed by atoms with van der Waals surface area (Å²) >= 11 is 0. The van der Waals surface area contributed by atoms with Crippen LogP contribution >= 0.6 is 0 Å². The number of hydrogen-bond acceptors (Lipinski definition) is 7. The Bertz CT molecular complexity index is 991. The number of esters is 1. The molecule has 1 aromatic carbocycles. The summed E-state index contributed by atoms with van der Waals surface area (Å²) in [5.74, 6) is -0.120. The Morgan fingerprint density at radius 2 is 1.96 bits per heavy atom. The number of fused-ring (bicyclic) bond motifs is 1. The zero-order chi connectivity index (χ0) is 18.0. The smallest absolute Gasteiger partial charge is 0.338 e. The summed E-state index contributed by atoms with van der Waals surface area (Å²) in [5.41, 5.74) is 1.54. The van der Waals surface area contributed by atoms with Gasteiger partial charge < -0.3 is 9.47 Å². The molecule has 0 radical (unpaired) electrons. The van der Waals surface area contributed by atoms with Crippen molar-refractivity contribution in [3.63, 3.8) is 0 Å². The lowest BCUT2D eigenvalue weighted by molar-refractivity contribution is 0.0603. The third-order valence-electron chi connectivity index (χ3n) is 3.60. The molecule has 2 heterocycles. The van der Waals surface area contributed by atoms with Gasteiger partial charge in [0, 0.05) is 23.3 Å². The van der Waals surface area contributed by atoms with Gasteiger partial charge in [0.15, 0.2) is 0 Å². The summed E-state index contributed by atoms with van der Waals surface area (Å²) in [5, 5.41) is 0.666. The molecule has 8 heteroatoms. The first kappa shape index (κ1) is 17.0. The standard InChI is InChI=1S/C17H15N3O4S/c1-10-9-19-17(20-15(10)23-2)25(22)13-7-6-12(16(21)24-3)11-5-4-8-18-14(11)13/h4-9H,1-3H3. The normalized spacial score (nSPS) is 12.0. The van der Waals surface area contributed by atoms with E-state index in [1.165, 1.54) is 14.2 Å². The largest absolute Gasteiger partial charge is 0.481 e. The van der Waals surface area contributed by atoms with Crippen LogP contribution in [0.4, 0.5) is 0 Å². The second-order valence-corrected chi connectivity index (χ2v) is 6.46. The number of aryl methyl sites for hydroxylation is 1. The van der Waals surface area contributed by atoms with Crippen molar-refractivity contribution in [2.24, 2.45) is 0 Å². The average Bonchev–Trinajstić information content (AvgIpc) is 2.66. The fourth-order valence-corrected chi connectivity index (χ4v) is 3.43. The summed E-state index contributed by atoms with van der Waals surface area (Å²) in [7, 11) is 1.12. The van der Waals surface area contributed by atoms with Gasteiger partial charge in [0.2, 0.25) is 11.0 Å². The number of aromatic nitrogens is 3. The summed E-state index contributed by atoms with van der Waals surface area (Å²) in [4.78, 5) is 24.9. The highest BCUT2D eigenvalue weighted by Gasteiger charge is 2.20. The predicted molar refractivity (Wildman–Crippen MR) is 91.1 cm³/mol. The quantitative estimate of drug-likeness (QED) is 0.522. The minimum atomic E-state index is -1.68. The second-order valence-electron chi connectivity index (χ2n) is 5.12. The molecule has 7 nitrogen and oxygen atoms in total. The molecule has 2 aromatic heterocycles. The molecule has 1 atom stereocenters. The van der Waals surface area contributed by atoms with Crippen LogP contribution < -0.4 is 4.74 Å². The topological polar surface area (TPSA) is 91.3 Å². The second kappa shape index (κ2) is 6.94. The van der Waals surface area contributed by atoms with Crippen molar-refractivity contribution in [3.8, 4) is 5.88 Å². The van der Waals surface area contributed by atoms with Crippen molar-refractivity contribution in [2.75, 3.05) is 14.2 Å². The highest BCUT2D eigenvalue weighted by molar-refractivity contribution is 7.85. The van der Waals surface area contributed by atoms with Gasteiger partial charge in [0.1, 0.15) is 10.8 Å². The van der Waals surface area contributed by atoms with E-state index in [1.807, 2.05) is 0 Å². The molecule has 128 valence electrons. The predicted octanol–water partition coefficient (Wildman–Crippen LogP) is 2.30. The van der Waals surface area contributed by atoms with Gasteiger partial charge in [0.25, 0.3) is 0 Å².